The molecule has 101 heavy (non-hydrogen) atoms. The first-order valence-electron chi connectivity index (χ1n) is 30.1. The summed E-state index contributed by atoms with van der Waals surface area (Å²) < 4.78 is 0. The summed E-state index contributed by atoms with van der Waals surface area (Å²) in [7, 11) is 16.6. The third kappa shape index (κ3) is 24.4. The zero-order valence-electron chi connectivity index (χ0n) is 56.5. The number of anilines is 16. The molecule has 0 fully saturated rings. The van der Waals surface area contributed by atoms with Crippen molar-refractivity contribution in [3.8, 4) is 57.5 Å². The monoisotopic (exact) mass is 1390 g/mol. The zero-order valence-corrected chi connectivity index (χ0v) is 56.5. The highest BCUT2D eigenvalue weighted by molar-refractivity contribution is 5.67. The van der Waals surface area contributed by atoms with E-state index in [4.69, 9.17) is 28.7 Å². The second-order valence-corrected chi connectivity index (χ2v) is 21.9. The quantitative estimate of drug-likeness (QED) is 0.0434. The molecule has 5 aromatic heterocycles. The van der Waals surface area contributed by atoms with E-state index >= 15 is 0 Å². The Kier molecular flexibility index (Phi) is 27.4. The number of phenols is 10. The Balaban J connectivity index is 0.000000199. The number of benzene rings is 5. The van der Waals surface area contributed by atoms with Gasteiger partial charge in [-0.05, 0) is 90.6 Å². The smallest absolute Gasteiger partial charge is 0.233 e. The molecule has 10 rings (SSSR count). The Labute approximate surface area is 578 Å². The number of aromatic hydroxyl groups is 10. The molecule has 0 saturated carbocycles. The van der Waals surface area contributed by atoms with Gasteiger partial charge in [0, 0.05) is 95.2 Å². The second kappa shape index (κ2) is 36.3. The second-order valence-electron chi connectivity index (χ2n) is 21.9. The van der Waals surface area contributed by atoms with Crippen LogP contribution >= 0.6 is 0 Å². The molecular formula is C61H82N30O10. The van der Waals surface area contributed by atoms with Gasteiger partial charge in [0.25, 0.3) is 0 Å². The summed E-state index contributed by atoms with van der Waals surface area (Å²) in [5, 5.41) is 112. The number of nitrogens with one attached hydrogen (secondary N) is 6. The molecule has 0 aliphatic carbocycles. The van der Waals surface area contributed by atoms with Gasteiger partial charge in [-0.1, -0.05) is 36.4 Å². The van der Waals surface area contributed by atoms with Gasteiger partial charge in [-0.25, -0.2) is 0 Å². The van der Waals surface area contributed by atoms with Crippen molar-refractivity contribution in [2.45, 2.75) is 25.8 Å². The SMILES string of the molecule is CN(C)c1nc(N)nc(NCCc2ccc(O)c(O)c2)n1.CN(C)c1nc(NCCc2ccc(O)c(O)c2)nc(N(C)C)n1.CNc1nc(NCCc2ccc(O)c(O)c2)nc(N(C)C)n1.Nc1nc(N)nc(NCc2cccc(O)c2O)n1.Nc1nc(N)nc(Nc2cccc(O)c2O)n1. The Bertz CT molecular complexity index is 4290. The minimum absolute atomic E-state index is 0.00475. The van der Waals surface area contributed by atoms with Crippen LogP contribution < -0.4 is 80.2 Å². The first-order valence-corrected chi connectivity index (χ1v) is 30.1. The van der Waals surface area contributed by atoms with Crippen molar-refractivity contribution in [1.29, 1.82) is 0 Å². The largest absolute Gasteiger partial charge is 0.504 e. The van der Waals surface area contributed by atoms with E-state index in [-0.39, 0.29) is 111 Å². The molecule has 10 aromatic rings. The van der Waals surface area contributed by atoms with E-state index in [1.165, 1.54) is 48.5 Å². The van der Waals surface area contributed by atoms with E-state index in [2.05, 4.69) is 107 Å². The lowest BCUT2D eigenvalue weighted by Gasteiger charge is -2.16. The molecule has 0 bridgehead atoms. The van der Waals surface area contributed by atoms with E-state index < -0.39 is 0 Å². The Hall–Kier alpha value is -13.9. The van der Waals surface area contributed by atoms with Crippen molar-refractivity contribution >= 4 is 94.9 Å². The van der Waals surface area contributed by atoms with Gasteiger partial charge in [-0.15, -0.1) is 0 Å². The number of rotatable bonds is 22. The molecule has 40 heteroatoms. The minimum atomic E-state index is -0.315. The minimum Gasteiger partial charge on any atom is -0.504 e. The number of para-hydroxylation sites is 2. The van der Waals surface area contributed by atoms with Crippen molar-refractivity contribution in [1.82, 2.24) is 74.8 Å². The topological polar surface area (TPSA) is 611 Å². The molecule has 5 aromatic carbocycles. The van der Waals surface area contributed by atoms with Crippen LogP contribution in [0.3, 0.4) is 0 Å². The summed E-state index contributed by atoms with van der Waals surface area (Å²) >= 11 is 0. The maximum Gasteiger partial charge on any atom is 0.233 e. The number of phenolic OH excluding ortho intramolecular Hbond substituents is 10. The Morgan fingerprint density at radius 3 is 1.06 bits per heavy atom. The van der Waals surface area contributed by atoms with Crippen molar-refractivity contribution in [3.05, 3.63) is 113 Å². The van der Waals surface area contributed by atoms with Gasteiger partial charge in [-0.2, -0.15) is 74.8 Å². The van der Waals surface area contributed by atoms with Crippen LogP contribution in [0.1, 0.15) is 22.3 Å². The fraction of sp³-hybridized carbons (Fsp3) is 0.262. The fourth-order valence-electron chi connectivity index (χ4n) is 7.98. The van der Waals surface area contributed by atoms with E-state index in [9.17, 15) is 51.1 Å². The number of nitrogens with zero attached hydrogens (tertiary/aromatic N) is 19. The summed E-state index contributed by atoms with van der Waals surface area (Å²) in [5.74, 6) is 2.70. The number of aromatic nitrogens is 15. The number of nitrogen functional groups attached to an aromatic ring is 5. The number of hydrogen-bond acceptors (Lipinski definition) is 40. The third-order valence-corrected chi connectivity index (χ3v) is 13.0. The fourth-order valence-corrected chi connectivity index (χ4v) is 7.98. The van der Waals surface area contributed by atoms with Gasteiger partial charge < -0.3 is 131 Å². The normalized spacial score (nSPS) is 10.3. The molecular weight excluding hydrogens is 1310 g/mol. The van der Waals surface area contributed by atoms with Crippen LogP contribution in [0.25, 0.3) is 0 Å². The lowest BCUT2D eigenvalue weighted by atomic mass is 10.1. The molecule has 40 nitrogen and oxygen atoms in total. The van der Waals surface area contributed by atoms with Crippen LogP contribution in [0.5, 0.6) is 57.5 Å². The van der Waals surface area contributed by atoms with Gasteiger partial charge in [0.2, 0.25) is 89.2 Å². The summed E-state index contributed by atoms with van der Waals surface area (Å²) in [6.45, 7) is 1.95. The molecule has 26 N–H and O–H groups in total. The Morgan fingerprint density at radius 1 is 0.317 bits per heavy atom. The van der Waals surface area contributed by atoms with Crippen molar-refractivity contribution in [2.75, 3.05) is 163 Å². The predicted molar refractivity (Wildman–Crippen MR) is 384 cm³/mol. The summed E-state index contributed by atoms with van der Waals surface area (Å²) in [5.41, 5.74) is 30.6. The molecule has 0 atom stereocenters. The number of hydrogen-bond donors (Lipinski definition) is 21. The molecule has 0 radical (unpaired) electrons. The van der Waals surface area contributed by atoms with Gasteiger partial charge in [0.15, 0.2) is 57.5 Å². The maximum absolute atomic E-state index is 9.59. The van der Waals surface area contributed by atoms with Crippen LogP contribution in [-0.2, 0) is 25.8 Å². The molecule has 5 heterocycles. The van der Waals surface area contributed by atoms with Crippen molar-refractivity contribution in [2.24, 2.45) is 0 Å². The molecule has 0 unspecified atom stereocenters. The van der Waals surface area contributed by atoms with E-state index in [1.54, 1.807) is 59.3 Å². The van der Waals surface area contributed by atoms with Crippen LogP contribution in [0.15, 0.2) is 91.0 Å². The summed E-state index contributed by atoms with van der Waals surface area (Å²) in [6, 6.07) is 23.3. The van der Waals surface area contributed by atoms with Crippen molar-refractivity contribution in [3.63, 3.8) is 0 Å². The molecule has 0 amide bonds. The predicted octanol–water partition coefficient (Wildman–Crippen LogP) is 2.95. The average molecular weight is 1400 g/mol. The first kappa shape index (κ1) is 76.2. The molecule has 0 aliphatic heterocycles. The summed E-state index contributed by atoms with van der Waals surface area (Å²) in [6.07, 6.45) is 1.95. The average Bonchev–Trinajstić information content (AvgIpc) is 0.910. The van der Waals surface area contributed by atoms with Gasteiger partial charge in [0.1, 0.15) is 0 Å². The van der Waals surface area contributed by atoms with Gasteiger partial charge in [-0.3, -0.25) is 0 Å². The van der Waals surface area contributed by atoms with Crippen LogP contribution in [-0.4, -0.2) is 209 Å². The number of nitrogens with two attached hydrogens (primary N) is 5. The maximum atomic E-state index is 9.59. The van der Waals surface area contributed by atoms with Crippen LogP contribution in [0, 0.1) is 0 Å². The van der Waals surface area contributed by atoms with Crippen LogP contribution in [0.2, 0.25) is 0 Å². The zero-order chi connectivity index (χ0) is 74.0. The highest BCUT2D eigenvalue weighted by atomic mass is 16.3. The molecule has 0 aliphatic rings. The lowest BCUT2D eigenvalue weighted by Crippen LogP contribution is -2.20. The van der Waals surface area contributed by atoms with E-state index in [0.717, 1.165) is 16.7 Å². The van der Waals surface area contributed by atoms with E-state index in [0.29, 0.717) is 92.0 Å². The Morgan fingerprint density at radius 2 is 0.653 bits per heavy atom. The van der Waals surface area contributed by atoms with E-state index in [1.807, 2.05) is 66.2 Å². The standard InChI is InChI=1S/C15H22N6O2.C14H20N6O2.C13H18N6O2.C10H12N6O2.C9H10N6O2/c1-20(2)14-17-13(18-15(19-14)21(3)4)16-8-7-10-5-6-11(22)12(23)9-10;1-15-12-17-13(19-14(18-12)20(2)3)16-7-6-9-4-5-10(21)11(22)8-9;1-19(2)13-17-11(14)16-12(18-13)15-6-5-8-3-4-9(20)10(21)7-8;11-8-14-9(12)16-10(15-8)13-4-5-2-1-3-6(17)7(5)18;10-7-13-8(11)15-9(14-7)12-4-2-1-3-5(16)6(4)17/h5-6,9,22-23H,7-8H2,1-4H3,(H,16,17,18,19);4-5,8,21-22H,6-7H2,1-3H3,(H2,15,16,17,18,19);3-4,7,20-21H,5-6H2,1-2H3,(H3,14,15,16,17,18);1-3,17-18H,4H2,(H5,11,12,13,14,15,16);1-3,16-17H,(H5,10,11,12,13,14,15). The van der Waals surface area contributed by atoms with Crippen molar-refractivity contribution < 1.29 is 51.1 Å². The molecule has 0 saturated heterocycles. The first-order chi connectivity index (χ1) is 47.9. The van der Waals surface area contributed by atoms with Crippen LogP contribution in [0.4, 0.5) is 94.9 Å². The molecule has 536 valence electrons. The third-order valence-electron chi connectivity index (χ3n) is 13.0. The van der Waals surface area contributed by atoms with Gasteiger partial charge >= 0.3 is 0 Å². The molecule has 0 spiro atoms. The van der Waals surface area contributed by atoms with Gasteiger partial charge in [0.05, 0.1) is 5.69 Å². The highest BCUT2D eigenvalue weighted by Crippen LogP contribution is 2.34. The highest BCUT2D eigenvalue weighted by Gasteiger charge is 2.14. The summed E-state index contributed by atoms with van der Waals surface area (Å²) in [4.78, 5) is 67.6. The lowest BCUT2D eigenvalue weighted by molar-refractivity contribution is 0.400.